The van der Waals surface area contributed by atoms with Crippen molar-refractivity contribution in [3.05, 3.63) is 51.5 Å². The van der Waals surface area contributed by atoms with E-state index in [-0.39, 0.29) is 11.7 Å². The van der Waals surface area contributed by atoms with Crippen LogP contribution in [-0.2, 0) is 11.8 Å². The first-order chi connectivity index (χ1) is 13.4. The molecule has 0 atom stereocenters. The molecule has 0 aliphatic carbocycles. The van der Waals surface area contributed by atoms with Crippen molar-refractivity contribution in [1.82, 2.24) is 19.7 Å². The summed E-state index contributed by atoms with van der Waals surface area (Å²) in [5.41, 5.74) is 2.86. The molecule has 0 unspecified atom stereocenters. The maximum atomic E-state index is 12.3. The summed E-state index contributed by atoms with van der Waals surface area (Å²) in [6.45, 7) is 0. The van der Waals surface area contributed by atoms with Gasteiger partial charge in [0.2, 0.25) is 11.1 Å². The Balaban J connectivity index is 1.51. The van der Waals surface area contributed by atoms with Crippen molar-refractivity contribution in [3.63, 3.8) is 0 Å². The third kappa shape index (κ3) is 3.63. The summed E-state index contributed by atoms with van der Waals surface area (Å²) >= 11 is 19.1. The van der Waals surface area contributed by atoms with E-state index in [2.05, 4.69) is 20.5 Å². The Hall–Kier alpha value is -2.06. The largest absolute Gasteiger partial charge is 0.327 e. The van der Waals surface area contributed by atoms with Gasteiger partial charge in [-0.2, -0.15) is 0 Å². The molecule has 0 saturated heterocycles. The Morgan fingerprint density at radius 1 is 1.11 bits per heavy atom. The lowest BCUT2D eigenvalue weighted by atomic mass is 10.2. The molecule has 28 heavy (non-hydrogen) atoms. The molecule has 0 radical (unpaired) electrons. The van der Waals surface area contributed by atoms with Gasteiger partial charge in [0.1, 0.15) is 5.52 Å². The Morgan fingerprint density at radius 3 is 2.68 bits per heavy atom. The molecular weight excluding hydrogens is 441 g/mol. The maximum Gasteiger partial charge on any atom is 0.234 e. The van der Waals surface area contributed by atoms with Crippen molar-refractivity contribution in [2.24, 2.45) is 7.05 Å². The predicted octanol–water partition coefficient (Wildman–Crippen LogP) is 5.21. The summed E-state index contributed by atoms with van der Waals surface area (Å²) < 4.78 is 1.96. The Bertz CT molecular complexity index is 1230. The topological polar surface area (TPSA) is 72.7 Å². The Kier molecular flexibility index (Phi) is 5.33. The van der Waals surface area contributed by atoms with Gasteiger partial charge in [-0.3, -0.25) is 4.79 Å². The van der Waals surface area contributed by atoms with Gasteiger partial charge in [0, 0.05) is 12.4 Å². The van der Waals surface area contributed by atoms with E-state index in [9.17, 15) is 4.79 Å². The monoisotopic (exact) mass is 451 g/mol. The van der Waals surface area contributed by atoms with Crippen LogP contribution in [0.3, 0.4) is 0 Å². The summed E-state index contributed by atoms with van der Waals surface area (Å²) in [5.74, 6) is -0.181. The summed E-state index contributed by atoms with van der Waals surface area (Å²) in [5, 5.41) is 13.5. The standard InChI is InChI=1S/C18H12Cl3N5OS/c1-26-14-5-3-2-4-9(14)16-17(26)23-18(25-24-16)28-8-15(27)22-13-7-11(20)10(19)6-12(13)21/h2-7H,8H2,1H3,(H,22,27). The number of benzene rings is 2. The van der Waals surface area contributed by atoms with Crippen LogP contribution >= 0.6 is 46.6 Å². The van der Waals surface area contributed by atoms with Gasteiger partial charge in [0.25, 0.3) is 0 Å². The molecule has 2 aromatic heterocycles. The quantitative estimate of drug-likeness (QED) is 0.340. The minimum Gasteiger partial charge on any atom is -0.327 e. The molecule has 0 fully saturated rings. The fraction of sp³-hybridized carbons (Fsp3) is 0.111. The van der Waals surface area contributed by atoms with Crippen molar-refractivity contribution in [1.29, 1.82) is 0 Å². The van der Waals surface area contributed by atoms with E-state index in [1.165, 1.54) is 23.9 Å². The number of nitrogens with one attached hydrogen (secondary N) is 1. The number of halogens is 3. The number of aromatic nitrogens is 4. The second-order valence-electron chi connectivity index (χ2n) is 5.93. The minimum absolute atomic E-state index is 0.0910. The van der Waals surface area contributed by atoms with Gasteiger partial charge in [0.05, 0.1) is 32.0 Å². The summed E-state index contributed by atoms with van der Waals surface area (Å²) in [4.78, 5) is 16.8. The fourth-order valence-corrected chi connectivity index (χ4v) is 3.96. The first kappa shape index (κ1) is 19.3. The number of hydrogen-bond acceptors (Lipinski definition) is 5. The average Bonchev–Trinajstić information content (AvgIpc) is 2.97. The molecule has 2 aromatic carbocycles. The SMILES string of the molecule is Cn1c2ccccc2c2nnc(SCC(=O)Nc3cc(Cl)c(Cl)cc3Cl)nc21. The molecule has 0 aliphatic heterocycles. The second-order valence-corrected chi connectivity index (χ2v) is 8.09. The molecule has 0 saturated carbocycles. The summed E-state index contributed by atoms with van der Waals surface area (Å²) in [6, 6.07) is 10.9. The number of para-hydroxylation sites is 1. The number of aryl methyl sites for hydroxylation is 1. The molecule has 142 valence electrons. The first-order valence-corrected chi connectivity index (χ1v) is 10.2. The van der Waals surface area contributed by atoms with Gasteiger partial charge in [0.15, 0.2) is 5.65 Å². The van der Waals surface area contributed by atoms with Crippen LogP contribution in [0.1, 0.15) is 0 Å². The van der Waals surface area contributed by atoms with E-state index < -0.39 is 0 Å². The molecular formula is C18H12Cl3N5OS. The number of nitrogens with zero attached hydrogens (tertiary/aromatic N) is 4. The zero-order chi connectivity index (χ0) is 19.8. The maximum absolute atomic E-state index is 12.3. The van der Waals surface area contributed by atoms with Crippen LogP contribution in [-0.4, -0.2) is 31.4 Å². The summed E-state index contributed by atoms with van der Waals surface area (Å²) in [6.07, 6.45) is 0. The van der Waals surface area contributed by atoms with Crippen LogP contribution in [0, 0.1) is 0 Å². The Morgan fingerprint density at radius 2 is 1.86 bits per heavy atom. The zero-order valence-corrected chi connectivity index (χ0v) is 17.5. The highest BCUT2D eigenvalue weighted by atomic mass is 35.5. The van der Waals surface area contributed by atoms with E-state index >= 15 is 0 Å². The highest BCUT2D eigenvalue weighted by Crippen LogP contribution is 2.32. The number of thioether (sulfide) groups is 1. The van der Waals surface area contributed by atoms with Crippen molar-refractivity contribution in [3.8, 4) is 0 Å². The third-order valence-electron chi connectivity index (χ3n) is 4.10. The molecule has 0 bridgehead atoms. The lowest BCUT2D eigenvalue weighted by Gasteiger charge is -2.08. The molecule has 10 heteroatoms. The van der Waals surface area contributed by atoms with E-state index in [0.29, 0.717) is 31.6 Å². The predicted molar refractivity (Wildman–Crippen MR) is 115 cm³/mol. The lowest BCUT2D eigenvalue weighted by Crippen LogP contribution is -2.14. The Labute approximate surface area is 179 Å². The molecule has 4 aromatic rings. The number of amides is 1. The molecule has 6 nitrogen and oxygen atoms in total. The molecule has 4 rings (SSSR count). The lowest BCUT2D eigenvalue weighted by molar-refractivity contribution is -0.113. The number of hydrogen-bond donors (Lipinski definition) is 1. The van der Waals surface area contributed by atoms with Crippen molar-refractivity contribution < 1.29 is 4.79 Å². The van der Waals surface area contributed by atoms with Gasteiger partial charge >= 0.3 is 0 Å². The first-order valence-electron chi connectivity index (χ1n) is 8.09. The van der Waals surface area contributed by atoms with Crippen molar-refractivity contribution in [2.45, 2.75) is 5.16 Å². The van der Waals surface area contributed by atoms with Crippen LogP contribution in [0.15, 0.2) is 41.6 Å². The van der Waals surface area contributed by atoms with E-state index in [1.807, 2.05) is 35.9 Å². The highest BCUT2D eigenvalue weighted by molar-refractivity contribution is 7.99. The number of carbonyl (C=O) groups is 1. The molecule has 0 spiro atoms. The average molecular weight is 453 g/mol. The molecule has 1 N–H and O–H groups in total. The molecule has 2 heterocycles. The van der Waals surface area contributed by atoms with Gasteiger partial charge in [-0.1, -0.05) is 64.8 Å². The fourth-order valence-electron chi connectivity index (χ4n) is 2.79. The van der Waals surface area contributed by atoms with Gasteiger partial charge in [-0.25, -0.2) is 4.98 Å². The van der Waals surface area contributed by atoms with Crippen LogP contribution in [0.5, 0.6) is 0 Å². The highest BCUT2D eigenvalue weighted by Gasteiger charge is 2.14. The van der Waals surface area contributed by atoms with Gasteiger partial charge in [-0.15, -0.1) is 10.2 Å². The number of fused-ring (bicyclic) bond motifs is 3. The zero-order valence-electron chi connectivity index (χ0n) is 14.4. The van der Waals surface area contributed by atoms with E-state index in [4.69, 9.17) is 34.8 Å². The van der Waals surface area contributed by atoms with Crippen LogP contribution < -0.4 is 5.32 Å². The van der Waals surface area contributed by atoms with Crippen molar-refractivity contribution >= 4 is 80.2 Å². The van der Waals surface area contributed by atoms with E-state index in [0.717, 1.165) is 16.4 Å². The molecule has 0 aliphatic rings. The third-order valence-corrected chi connectivity index (χ3v) is 5.98. The normalized spacial score (nSPS) is 11.3. The van der Waals surface area contributed by atoms with Crippen molar-refractivity contribution in [2.75, 3.05) is 11.1 Å². The molecule has 1 amide bonds. The van der Waals surface area contributed by atoms with Crippen LogP contribution in [0.2, 0.25) is 15.1 Å². The van der Waals surface area contributed by atoms with Gasteiger partial charge in [-0.05, 0) is 18.2 Å². The number of anilines is 1. The van der Waals surface area contributed by atoms with E-state index in [1.54, 1.807) is 0 Å². The van der Waals surface area contributed by atoms with Crippen LogP contribution in [0.4, 0.5) is 5.69 Å². The van der Waals surface area contributed by atoms with Crippen LogP contribution in [0.25, 0.3) is 22.1 Å². The number of rotatable bonds is 4. The smallest absolute Gasteiger partial charge is 0.234 e. The van der Waals surface area contributed by atoms with Gasteiger partial charge < -0.3 is 9.88 Å². The second kappa shape index (κ2) is 7.75. The number of carbonyl (C=O) groups excluding carboxylic acids is 1. The minimum atomic E-state index is -0.272. The summed E-state index contributed by atoms with van der Waals surface area (Å²) in [7, 11) is 1.92.